The van der Waals surface area contributed by atoms with Gasteiger partial charge in [0.2, 0.25) is 0 Å². The van der Waals surface area contributed by atoms with Crippen molar-refractivity contribution in [3.05, 3.63) is 41.2 Å². The number of rotatable bonds is 5. The summed E-state index contributed by atoms with van der Waals surface area (Å²) in [6, 6.07) is 7.06. The van der Waals surface area contributed by atoms with Gasteiger partial charge in [-0.3, -0.25) is 4.79 Å². The smallest absolute Gasteiger partial charge is 0.275 e. The van der Waals surface area contributed by atoms with Crippen molar-refractivity contribution in [2.75, 3.05) is 13.6 Å². The van der Waals surface area contributed by atoms with E-state index in [2.05, 4.69) is 10.2 Å². The van der Waals surface area contributed by atoms with Crippen LogP contribution in [0.4, 0.5) is 0 Å². The van der Waals surface area contributed by atoms with Crippen molar-refractivity contribution in [3.8, 4) is 5.69 Å². The molecule has 0 radical (unpaired) electrons. The minimum absolute atomic E-state index is 0.232. The van der Waals surface area contributed by atoms with Crippen LogP contribution in [-0.2, 0) is 0 Å². The predicted molar refractivity (Wildman–Crippen MR) is 79.6 cm³/mol. The Kier molecular flexibility index (Phi) is 4.93. The molecular formula is C14H17ClN4O2. The molecule has 0 aliphatic carbocycles. The molecule has 21 heavy (non-hydrogen) atoms. The number of amides is 1. The number of aliphatic hydroxyl groups is 1. The maximum absolute atomic E-state index is 12.2. The number of benzene rings is 1. The third kappa shape index (κ3) is 4.03. The zero-order valence-corrected chi connectivity index (χ0v) is 12.7. The fourth-order valence-corrected chi connectivity index (χ4v) is 1.95. The number of carbonyl (C=O) groups is 1. The van der Waals surface area contributed by atoms with Crippen LogP contribution >= 0.6 is 11.6 Å². The van der Waals surface area contributed by atoms with Gasteiger partial charge in [-0.25, -0.2) is 0 Å². The molecule has 2 rings (SSSR count). The summed E-state index contributed by atoms with van der Waals surface area (Å²) in [5, 5.41) is 18.1. The Morgan fingerprint density at radius 1 is 1.52 bits per heavy atom. The van der Waals surface area contributed by atoms with E-state index < -0.39 is 6.10 Å². The molecule has 0 aliphatic heterocycles. The predicted octanol–water partition coefficient (Wildman–Crippen LogP) is 1.76. The lowest BCUT2D eigenvalue weighted by Crippen LogP contribution is -2.29. The zero-order chi connectivity index (χ0) is 15.4. The number of halogens is 1. The number of nitrogens with zero attached hydrogens (tertiary/aromatic N) is 4. The summed E-state index contributed by atoms with van der Waals surface area (Å²) in [6.45, 7) is 2.15. The van der Waals surface area contributed by atoms with E-state index in [0.29, 0.717) is 23.7 Å². The number of carbonyl (C=O) groups excluding carboxylic acids is 1. The molecule has 0 aliphatic rings. The third-order valence-corrected chi connectivity index (χ3v) is 3.21. The van der Waals surface area contributed by atoms with E-state index in [1.54, 1.807) is 38.2 Å². The molecule has 1 aromatic heterocycles. The zero-order valence-electron chi connectivity index (χ0n) is 11.9. The van der Waals surface area contributed by atoms with Crippen LogP contribution in [0.1, 0.15) is 23.8 Å². The fraction of sp³-hybridized carbons (Fsp3) is 0.357. The Morgan fingerprint density at radius 2 is 2.29 bits per heavy atom. The minimum Gasteiger partial charge on any atom is -0.393 e. The first-order valence-corrected chi connectivity index (χ1v) is 6.97. The van der Waals surface area contributed by atoms with Crippen molar-refractivity contribution >= 4 is 17.5 Å². The van der Waals surface area contributed by atoms with E-state index in [9.17, 15) is 9.90 Å². The highest BCUT2D eigenvalue weighted by atomic mass is 35.5. The summed E-state index contributed by atoms with van der Waals surface area (Å²) in [7, 11) is 1.67. The van der Waals surface area contributed by atoms with Gasteiger partial charge in [-0.05, 0) is 31.5 Å². The maximum atomic E-state index is 12.2. The van der Waals surface area contributed by atoms with E-state index in [-0.39, 0.29) is 11.6 Å². The number of aromatic nitrogens is 3. The van der Waals surface area contributed by atoms with Crippen LogP contribution in [-0.4, -0.2) is 50.6 Å². The molecular weight excluding hydrogens is 292 g/mol. The SMILES string of the molecule is CC(O)CCN(C)C(=O)c1cnn(-c2cccc(Cl)c2)n1. The Hall–Kier alpha value is -1.92. The lowest BCUT2D eigenvalue weighted by molar-refractivity contribution is 0.0763. The molecule has 7 heteroatoms. The number of aliphatic hydroxyl groups excluding tert-OH is 1. The van der Waals surface area contributed by atoms with Crippen LogP contribution in [0.15, 0.2) is 30.5 Å². The van der Waals surface area contributed by atoms with Gasteiger partial charge in [0.1, 0.15) is 0 Å². The van der Waals surface area contributed by atoms with Crippen molar-refractivity contribution in [2.45, 2.75) is 19.4 Å². The van der Waals surface area contributed by atoms with Gasteiger partial charge in [-0.1, -0.05) is 17.7 Å². The highest BCUT2D eigenvalue weighted by Crippen LogP contribution is 2.13. The van der Waals surface area contributed by atoms with E-state index in [0.717, 1.165) is 0 Å². The summed E-state index contributed by atoms with van der Waals surface area (Å²) < 4.78 is 0. The molecule has 2 aromatic rings. The molecule has 112 valence electrons. The molecule has 1 unspecified atom stereocenters. The lowest BCUT2D eigenvalue weighted by atomic mass is 10.2. The van der Waals surface area contributed by atoms with Crippen molar-refractivity contribution in [3.63, 3.8) is 0 Å². The van der Waals surface area contributed by atoms with Gasteiger partial charge in [-0.15, -0.1) is 5.10 Å². The normalized spacial score (nSPS) is 12.2. The molecule has 0 spiro atoms. The second kappa shape index (κ2) is 6.69. The average molecular weight is 309 g/mol. The monoisotopic (exact) mass is 308 g/mol. The topological polar surface area (TPSA) is 71.2 Å². The summed E-state index contributed by atoms with van der Waals surface area (Å²) in [4.78, 5) is 15.0. The third-order valence-electron chi connectivity index (χ3n) is 2.98. The van der Waals surface area contributed by atoms with Crippen LogP contribution in [0, 0.1) is 0 Å². The van der Waals surface area contributed by atoms with Crippen LogP contribution in [0.5, 0.6) is 0 Å². The second-order valence-corrected chi connectivity index (χ2v) is 5.30. The molecule has 1 aromatic carbocycles. The summed E-state index contributed by atoms with van der Waals surface area (Å²) in [6.07, 6.45) is 1.50. The quantitative estimate of drug-likeness (QED) is 0.913. The van der Waals surface area contributed by atoms with E-state index in [4.69, 9.17) is 11.6 Å². The number of hydrogen-bond acceptors (Lipinski definition) is 4. The lowest BCUT2D eigenvalue weighted by Gasteiger charge is -2.16. The van der Waals surface area contributed by atoms with Gasteiger partial charge in [0.15, 0.2) is 5.69 Å². The van der Waals surface area contributed by atoms with Crippen LogP contribution in [0.25, 0.3) is 5.69 Å². The molecule has 6 nitrogen and oxygen atoms in total. The fourth-order valence-electron chi connectivity index (χ4n) is 1.76. The van der Waals surface area contributed by atoms with Gasteiger partial charge in [0.25, 0.3) is 5.91 Å². The molecule has 0 saturated heterocycles. The molecule has 0 saturated carbocycles. The maximum Gasteiger partial charge on any atom is 0.275 e. The molecule has 0 fully saturated rings. The first-order valence-electron chi connectivity index (χ1n) is 6.59. The van der Waals surface area contributed by atoms with Crippen LogP contribution in [0.3, 0.4) is 0 Å². The highest BCUT2D eigenvalue weighted by Gasteiger charge is 2.16. The first kappa shape index (κ1) is 15.5. The molecule has 0 bridgehead atoms. The van der Waals surface area contributed by atoms with E-state index in [1.165, 1.54) is 15.9 Å². The first-order chi connectivity index (χ1) is 9.97. The van der Waals surface area contributed by atoms with Gasteiger partial charge in [0.05, 0.1) is 18.0 Å². The summed E-state index contributed by atoms with van der Waals surface area (Å²) >= 11 is 5.92. The van der Waals surface area contributed by atoms with Gasteiger partial charge in [-0.2, -0.15) is 9.90 Å². The molecule has 1 amide bonds. The Morgan fingerprint density at radius 3 is 2.95 bits per heavy atom. The Bertz CT molecular complexity index is 627. The van der Waals surface area contributed by atoms with Crippen molar-refractivity contribution < 1.29 is 9.90 Å². The van der Waals surface area contributed by atoms with Gasteiger partial charge < -0.3 is 10.0 Å². The van der Waals surface area contributed by atoms with Crippen LogP contribution in [0.2, 0.25) is 5.02 Å². The number of hydrogen-bond donors (Lipinski definition) is 1. The van der Waals surface area contributed by atoms with E-state index >= 15 is 0 Å². The summed E-state index contributed by atoms with van der Waals surface area (Å²) in [5.41, 5.74) is 0.941. The van der Waals surface area contributed by atoms with Crippen molar-refractivity contribution in [1.29, 1.82) is 0 Å². The standard InChI is InChI=1S/C14H17ClN4O2/c1-10(20)6-7-18(2)14(21)13-9-16-19(17-13)12-5-3-4-11(15)8-12/h3-5,8-10,20H,6-7H2,1-2H3. The van der Waals surface area contributed by atoms with Crippen LogP contribution < -0.4 is 0 Å². The van der Waals surface area contributed by atoms with Gasteiger partial charge in [0, 0.05) is 18.6 Å². The van der Waals surface area contributed by atoms with E-state index in [1.807, 2.05) is 0 Å². The van der Waals surface area contributed by atoms with Crippen molar-refractivity contribution in [1.82, 2.24) is 19.9 Å². The second-order valence-electron chi connectivity index (χ2n) is 4.86. The van der Waals surface area contributed by atoms with Gasteiger partial charge >= 0.3 is 0 Å². The average Bonchev–Trinajstić information content (AvgIpc) is 2.93. The largest absolute Gasteiger partial charge is 0.393 e. The molecule has 1 N–H and O–H groups in total. The van der Waals surface area contributed by atoms with Crippen molar-refractivity contribution in [2.24, 2.45) is 0 Å². The minimum atomic E-state index is -0.442. The highest BCUT2D eigenvalue weighted by molar-refractivity contribution is 6.30. The Labute approximate surface area is 127 Å². The Balaban J connectivity index is 2.10. The molecule has 1 heterocycles. The summed E-state index contributed by atoms with van der Waals surface area (Å²) in [5.74, 6) is -0.232. The molecule has 1 atom stereocenters.